The summed E-state index contributed by atoms with van der Waals surface area (Å²) in [7, 11) is 1.88. The molecule has 8 heteroatoms. The quantitative estimate of drug-likeness (QED) is 0.646. The smallest absolute Gasteiger partial charge is 0.254 e. The van der Waals surface area contributed by atoms with E-state index in [0.717, 1.165) is 41.6 Å². The minimum atomic E-state index is 0.0442. The first kappa shape index (κ1) is 21.3. The highest BCUT2D eigenvalue weighted by Crippen LogP contribution is 2.30. The zero-order chi connectivity index (χ0) is 22.0. The van der Waals surface area contributed by atoms with E-state index in [9.17, 15) is 4.79 Å². The lowest BCUT2D eigenvalue weighted by Gasteiger charge is -2.40. The van der Waals surface area contributed by atoms with Crippen molar-refractivity contribution in [2.45, 2.75) is 32.7 Å². The van der Waals surface area contributed by atoms with Crippen molar-refractivity contribution >= 4 is 23.5 Å². The fourth-order valence-corrected chi connectivity index (χ4v) is 4.31. The molecule has 0 aliphatic carbocycles. The molecule has 7 nitrogen and oxygen atoms in total. The second-order valence-corrected chi connectivity index (χ2v) is 8.68. The maximum Gasteiger partial charge on any atom is 0.254 e. The van der Waals surface area contributed by atoms with Gasteiger partial charge in [-0.3, -0.25) is 9.48 Å². The Kier molecular flexibility index (Phi) is 6.23. The molecule has 162 valence electrons. The summed E-state index contributed by atoms with van der Waals surface area (Å²) in [4.78, 5) is 24.2. The number of likely N-dealkylation sites (tertiary alicyclic amines) is 1. The highest BCUT2D eigenvalue weighted by atomic mass is 35.5. The Morgan fingerprint density at radius 1 is 1.26 bits per heavy atom. The van der Waals surface area contributed by atoms with Crippen molar-refractivity contribution < 1.29 is 4.79 Å². The van der Waals surface area contributed by atoms with Crippen molar-refractivity contribution in [2.24, 2.45) is 13.0 Å². The van der Waals surface area contributed by atoms with Gasteiger partial charge in [0.15, 0.2) is 0 Å². The number of aromatic nitrogens is 4. The van der Waals surface area contributed by atoms with Gasteiger partial charge in [-0.05, 0) is 37.3 Å². The molecule has 1 saturated heterocycles. The van der Waals surface area contributed by atoms with Gasteiger partial charge in [0.05, 0.1) is 29.7 Å². The number of hydrogen-bond donors (Lipinski definition) is 1. The van der Waals surface area contributed by atoms with E-state index >= 15 is 0 Å². The predicted molar refractivity (Wildman–Crippen MR) is 122 cm³/mol. The van der Waals surface area contributed by atoms with Crippen LogP contribution < -0.4 is 5.32 Å². The topological polar surface area (TPSA) is 75.9 Å². The third kappa shape index (κ3) is 4.71. The molecule has 0 unspecified atom stereocenters. The van der Waals surface area contributed by atoms with Crippen molar-refractivity contribution in [1.82, 2.24) is 24.6 Å². The number of nitrogens with zero attached hydrogens (tertiary/aromatic N) is 5. The number of rotatable bonds is 5. The number of carbonyl (C=O) groups is 1. The molecular weight excluding hydrogens is 412 g/mol. The van der Waals surface area contributed by atoms with Gasteiger partial charge in [0, 0.05) is 37.5 Å². The summed E-state index contributed by atoms with van der Waals surface area (Å²) in [6.07, 6.45) is 8.96. The van der Waals surface area contributed by atoms with Crippen molar-refractivity contribution in [3.05, 3.63) is 59.1 Å². The number of halogens is 1. The molecule has 1 aromatic carbocycles. The van der Waals surface area contributed by atoms with Gasteiger partial charge in [-0.15, -0.1) is 0 Å². The number of anilines is 1. The molecule has 31 heavy (non-hydrogen) atoms. The maximum atomic E-state index is 13.8. The van der Waals surface area contributed by atoms with Crippen LogP contribution in [0.25, 0.3) is 11.1 Å². The van der Waals surface area contributed by atoms with Crippen LogP contribution in [0.5, 0.6) is 0 Å². The van der Waals surface area contributed by atoms with Crippen molar-refractivity contribution in [2.75, 3.05) is 18.4 Å². The number of piperidine rings is 1. The van der Waals surface area contributed by atoms with Crippen LogP contribution >= 0.6 is 11.6 Å². The molecule has 0 bridgehead atoms. The molecule has 2 atom stereocenters. The van der Waals surface area contributed by atoms with Crippen LogP contribution in [0.2, 0.25) is 5.02 Å². The van der Waals surface area contributed by atoms with Gasteiger partial charge >= 0.3 is 0 Å². The van der Waals surface area contributed by atoms with E-state index in [1.54, 1.807) is 23.3 Å². The fourth-order valence-electron chi connectivity index (χ4n) is 4.21. The summed E-state index contributed by atoms with van der Waals surface area (Å²) >= 11 is 5.88. The summed E-state index contributed by atoms with van der Waals surface area (Å²) in [5.74, 6) is 0.934. The van der Waals surface area contributed by atoms with E-state index < -0.39 is 0 Å². The Labute approximate surface area is 187 Å². The van der Waals surface area contributed by atoms with Crippen LogP contribution in [0, 0.1) is 12.8 Å². The molecule has 2 aromatic heterocycles. The predicted octanol–water partition coefficient (Wildman–Crippen LogP) is 4.19. The van der Waals surface area contributed by atoms with E-state index in [1.807, 2.05) is 43.3 Å². The molecule has 1 aliphatic rings. The largest absolute Gasteiger partial charge is 0.352 e. The number of nitrogens with one attached hydrogen (secondary N) is 1. The van der Waals surface area contributed by atoms with E-state index in [1.165, 1.54) is 0 Å². The van der Waals surface area contributed by atoms with Gasteiger partial charge in [-0.1, -0.05) is 36.2 Å². The highest BCUT2D eigenvalue weighted by molar-refractivity contribution is 6.30. The van der Waals surface area contributed by atoms with Crippen molar-refractivity contribution in [3.8, 4) is 11.1 Å². The van der Waals surface area contributed by atoms with Crippen molar-refractivity contribution in [1.29, 1.82) is 0 Å². The van der Waals surface area contributed by atoms with Crippen LogP contribution in [0.4, 0.5) is 5.95 Å². The number of amides is 1. The molecule has 3 heterocycles. The molecule has 0 radical (unpaired) electrons. The van der Waals surface area contributed by atoms with Crippen LogP contribution in [0.15, 0.2) is 43.0 Å². The van der Waals surface area contributed by atoms with Crippen LogP contribution in [0.1, 0.15) is 35.7 Å². The number of benzene rings is 1. The van der Waals surface area contributed by atoms with Gasteiger partial charge in [-0.2, -0.15) is 5.10 Å². The number of carbonyl (C=O) groups excluding carboxylic acids is 1. The Balaban J connectivity index is 1.61. The summed E-state index contributed by atoms with van der Waals surface area (Å²) in [5, 5.41) is 8.06. The SMILES string of the molecule is Cc1ccc(-c2cnn(C)c2)c(C(=O)N2CCC[C@@H](C)[C@H]2CNc2ncc(Cl)cn2)c1. The zero-order valence-corrected chi connectivity index (χ0v) is 18.8. The Bertz CT molecular complexity index is 1060. The average molecular weight is 439 g/mol. The molecule has 0 saturated carbocycles. The van der Waals surface area contributed by atoms with Gasteiger partial charge in [-0.25, -0.2) is 9.97 Å². The molecular formula is C23H27ClN6O. The summed E-state index contributed by atoms with van der Waals surface area (Å²) in [5.41, 5.74) is 3.63. The normalized spacial score (nSPS) is 18.8. The molecule has 1 amide bonds. The molecule has 4 rings (SSSR count). The van der Waals surface area contributed by atoms with Crippen LogP contribution in [-0.4, -0.2) is 49.7 Å². The van der Waals surface area contributed by atoms with Gasteiger partial charge in [0.25, 0.3) is 5.91 Å². The van der Waals surface area contributed by atoms with Gasteiger partial charge in [0.2, 0.25) is 5.95 Å². The van der Waals surface area contributed by atoms with Crippen LogP contribution in [0.3, 0.4) is 0 Å². The Morgan fingerprint density at radius 3 is 2.74 bits per heavy atom. The third-order valence-electron chi connectivity index (χ3n) is 5.89. The van der Waals surface area contributed by atoms with Crippen molar-refractivity contribution in [3.63, 3.8) is 0 Å². The molecule has 3 aromatic rings. The van der Waals surface area contributed by atoms with E-state index in [2.05, 4.69) is 27.3 Å². The van der Waals surface area contributed by atoms with Gasteiger partial charge < -0.3 is 10.2 Å². The van der Waals surface area contributed by atoms with E-state index in [4.69, 9.17) is 11.6 Å². The standard InChI is InChI=1S/C23H27ClN6O/c1-15-6-7-19(17-10-28-29(3)14-17)20(9-15)22(31)30-8-4-5-16(2)21(30)13-27-23-25-11-18(24)12-26-23/h6-7,9-12,14,16,21H,4-5,8,13H2,1-3H3,(H,25,26,27)/t16-,21-/m1/s1. The second-order valence-electron chi connectivity index (χ2n) is 8.24. The molecule has 1 N–H and O–H groups in total. The number of aryl methyl sites for hydroxylation is 2. The minimum absolute atomic E-state index is 0.0442. The van der Waals surface area contributed by atoms with Crippen LogP contribution in [-0.2, 0) is 7.05 Å². The first-order chi connectivity index (χ1) is 14.9. The monoisotopic (exact) mass is 438 g/mol. The molecule has 1 fully saturated rings. The Morgan fingerprint density at radius 2 is 2.03 bits per heavy atom. The number of hydrogen-bond acceptors (Lipinski definition) is 5. The molecule has 0 spiro atoms. The van der Waals surface area contributed by atoms with E-state index in [0.29, 0.717) is 23.4 Å². The van der Waals surface area contributed by atoms with Gasteiger partial charge in [0.1, 0.15) is 0 Å². The summed E-state index contributed by atoms with van der Waals surface area (Å²) < 4.78 is 1.76. The summed E-state index contributed by atoms with van der Waals surface area (Å²) in [6, 6.07) is 6.08. The van der Waals surface area contributed by atoms with E-state index in [-0.39, 0.29) is 11.9 Å². The summed E-state index contributed by atoms with van der Waals surface area (Å²) in [6.45, 7) is 5.53. The lowest BCUT2D eigenvalue weighted by Crippen LogP contribution is -2.51. The average Bonchev–Trinajstić information content (AvgIpc) is 3.19. The Hall–Kier alpha value is -2.93. The first-order valence-corrected chi connectivity index (χ1v) is 10.9. The zero-order valence-electron chi connectivity index (χ0n) is 18.0. The lowest BCUT2D eigenvalue weighted by molar-refractivity contribution is 0.0540. The molecule has 1 aliphatic heterocycles. The first-order valence-electron chi connectivity index (χ1n) is 10.5. The highest BCUT2D eigenvalue weighted by Gasteiger charge is 2.33. The minimum Gasteiger partial charge on any atom is -0.352 e. The second kappa shape index (κ2) is 9.06. The lowest BCUT2D eigenvalue weighted by atomic mass is 9.89. The third-order valence-corrected chi connectivity index (χ3v) is 6.08. The fraction of sp³-hybridized carbons (Fsp3) is 0.391. The maximum absolute atomic E-state index is 13.8.